The van der Waals surface area contributed by atoms with Crippen molar-refractivity contribution < 1.29 is 55.1 Å². The van der Waals surface area contributed by atoms with Gasteiger partial charge < -0.3 is 55.1 Å². The van der Waals surface area contributed by atoms with E-state index in [1.807, 2.05) is 0 Å². The zero-order chi connectivity index (χ0) is 17.7. The van der Waals surface area contributed by atoms with Gasteiger partial charge in [0.15, 0.2) is 12.6 Å². The van der Waals surface area contributed by atoms with Crippen LogP contribution >= 0.6 is 0 Å². The Morgan fingerprint density at radius 1 is 1.00 bits per heavy atom. The Balaban J connectivity index is 2.57. The molecule has 9 atom stereocenters. The molecule has 11 heteroatoms. The first-order chi connectivity index (χ1) is 10.7. The predicted molar refractivity (Wildman–Crippen MR) is 69.8 cm³/mol. The highest BCUT2D eigenvalue weighted by Gasteiger charge is 2.44. The van der Waals surface area contributed by atoms with Crippen LogP contribution < -0.4 is 0 Å². The van der Waals surface area contributed by atoms with E-state index in [4.69, 9.17) is 19.7 Å². The van der Waals surface area contributed by atoms with Crippen molar-refractivity contribution in [2.75, 3.05) is 13.2 Å². The summed E-state index contributed by atoms with van der Waals surface area (Å²) in [6, 6.07) is 0. The van der Waals surface area contributed by atoms with Gasteiger partial charge >= 0.3 is 0 Å². The molecule has 0 bridgehead atoms. The molecule has 0 aromatic carbocycles. The lowest BCUT2D eigenvalue weighted by atomic mass is 9.99. The second kappa shape index (κ2) is 8.94. The van der Waals surface area contributed by atoms with E-state index in [2.05, 4.69) is 0 Å². The van der Waals surface area contributed by atoms with Crippen molar-refractivity contribution >= 4 is 6.29 Å². The molecule has 1 saturated heterocycles. The van der Waals surface area contributed by atoms with Crippen LogP contribution in [0.1, 0.15) is 0 Å². The highest BCUT2D eigenvalue weighted by Crippen LogP contribution is 2.22. The quantitative estimate of drug-likeness (QED) is 0.196. The van der Waals surface area contributed by atoms with Crippen molar-refractivity contribution in [2.45, 2.75) is 55.1 Å². The van der Waals surface area contributed by atoms with Crippen LogP contribution in [0.2, 0.25) is 0 Å². The first-order valence-corrected chi connectivity index (χ1v) is 6.84. The first kappa shape index (κ1) is 20.3. The smallest absolute Gasteiger partial charge is 0.186 e. The number of ether oxygens (including phenoxy) is 2. The highest BCUT2D eigenvalue weighted by molar-refractivity contribution is 5.56. The molecule has 23 heavy (non-hydrogen) atoms. The van der Waals surface area contributed by atoms with E-state index >= 15 is 0 Å². The van der Waals surface area contributed by atoms with Crippen molar-refractivity contribution in [2.24, 2.45) is 0 Å². The summed E-state index contributed by atoms with van der Waals surface area (Å²) in [6.07, 6.45) is -15.3. The average molecular weight is 342 g/mol. The van der Waals surface area contributed by atoms with Gasteiger partial charge in [-0.2, -0.15) is 0 Å². The fourth-order valence-electron chi connectivity index (χ4n) is 2.01. The molecule has 4 unspecified atom stereocenters. The Hall–Kier alpha value is -0.730. The monoisotopic (exact) mass is 342 g/mol. The second-order valence-electron chi connectivity index (χ2n) is 5.21. The van der Waals surface area contributed by atoms with Crippen molar-refractivity contribution in [1.29, 1.82) is 0 Å². The molecule has 8 N–H and O–H groups in total. The van der Waals surface area contributed by atoms with Gasteiger partial charge in [0.2, 0.25) is 0 Å². The molecule has 0 saturated carbocycles. The Labute approximate surface area is 130 Å². The van der Waals surface area contributed by atoms with Crippen LogP contribution in [0.3, 0.4) is 0 Å². The number of hydrogen-bond donors (Lipinski definition) is 8. The van der Waals surface area contributed by atoms with Crippen molar-refractivity contribution in [3.8, 4) is 0 Å². The molecule has 11 nitrogen and oxygen atoms in total. The molecule has 136 valence electrons. The number of carbonyl (C=O) groups is 1. The maximum atomic E-state index is 10.3. The van der Waals surface area contributed by atoms with Crippen LogP contribution in [0.5, 0.6) is 0 Å². The van der Waals surface area contributed by atoms with E-state index in [1.165, 1.54) is 0 Å². The summed E-state index contributed by atoms with van der Waals surface area (Å²) in [5.41, 5.74) is 0. The second-order valence-corrected chi connectivity index (χ2v) is 5.21. The lowest BCUT2D eigenvalue weighted by Gasteiger charge is -2.40. The number of carbonyl (C=O) groups excluding carboxylic acids is 1. The number of hydrogen-bond acceptors (Lipinski definition) is 11. The van der Waals surface area contributed by atoms with E-state index in [0.29, 0.717) is 0 Å². The molecule has 0 aliphatic carbocycles. The van der Waals surface area contributed by atoms with Gasteiger partial charge in [-0.1, -0.05) is 0 Å². The highest BCUT2D eigenvalue weighted by atomic mass is 16.7. The van der Waals surface area contributed by atoms with E-state index in [0.717, 1.165) is 0 Å². The summed E-state index contributed by atoms with van der Waals surface area (Å²) in [6.45, 7) is -1.37. The zero-order valence-corrected chi connectivity index (χ0v) is 12.0. The maximum absolute atomic E-state index is 10.3. The van der Waals surface area contributed by atoms with E-state index in [1.54, 1.807) is 0 Å². The minimum Gasteiger partial charge on any atom is -0.394 e. The van der Waals surface area contributed by atoms with Gasteiger partial charge in [0.1, 0.15) is 48.8 Å². The molecule has 0 aromatic rings. The summed E-state index contributed by atoms with van der Waals surface area (Å²) in [7, 11) is 0. The summed E-state index contributed by atoms with van der Waals surface area (Å²) >= 11 is 0. The summed E-state index contributed by atoms with van der Waals surface area (Å²) in [5, 5.41) is 75.4. The standard InChI is InChI=1S/C12H22O11/c13-1-4(15)7(17)8(18)5(16)3-22-12-11(21)10(20)9(19)6(2-14)23-12/h1,4-12,14-21H,2-3H2/t4?,5?,6-,7?,8?,9+,10+,11-,12+/m1/s1. The van der Waals surface area contributed by atoms with E-state index in [-0.39, 0.29) is 6.29 Å². The number of rotatable bonds is 8. The molecule has 1 fully saturated rings. The van der Waals surface area contributed by atoms with Crippen LogP contribution in [0.4, 0.5) is 0 Å². The van der Waals surface area contributed by atoms with Crippen molar-refractivity contribution in [3.63, 3.8) is 0 Å². The third kappa shape index (κ3) is 4.87. The summed E-state index contributed by atoms with van der Waals surface area (Å²) < 4.78 is 9.94. The number of aldehydes is 1. The molecule has 0 radical (unpaired) electrons. The normalized spacial score (nSPS) is 37.0. The predicted octanol–water partition coefficient (Wildman–Crippen LogP) is -5.55. The summed E-state index contributed by atoms with van der Waals surface area (Å²) in [5.74, 6) is 0. The molecule has 1 heterocycles. The molecule has 1 aliphatic rings. The number of aliphatic hydroxyl groups excluding tert-OH is 8. The van der Waals surface area contributed by atoms with E-state index in [9.17, 15) is 35.4 Å². The average Bonchev–Trinajstić information content (AvgIpc) is 2.56. The Morgan fingerprint density at radius 2 is 1.61 bits per heavy atom. The first-order valence-electron chi connectivity index (χ1n) is 6.84. The van der Waals surface area contributed by atoms with Gasteiger partial charge in [-0.15, -0.1) is 0 Å². The van der Waals surface area contributed by atoms with Crippen molar-refractivity contribution in [1.82, 2.24) is 0 Å². The Morgan fingerprint density at radius 3 is 2.13 bits per heavy atom. The Kier molecular flexibility index (Phi) is 7.89. The molecule has 0 aromatic heterocycles. The number of aliphatic hydroxyl groups is 8. The van der Waals surface area contributed by atoms with Crippen LogP contribution in [-0.4, -0.2) is 115 Å². The molecule has 1 rings (SSSR count). The van der Waals surface area contributed by atoms with Crippen molar-refractivity contribution in [3.05, 3.63) is 0 Å². The van der Waals surface area contributed by atoms with Gasteiger partial charge in [-0.25, -0.2) is 0 Å². The lowest BCUT2D eigenvalue weighted by molar-refractivity contribution is -0.306. The van der Waals surface area contributed by atoms with Gasteiger partial charge in [0.25, 0.3) is 0 Å². The van der Waals surface area contributed by atoms with Gasteiger partial charge in [-0.3, -0.25) is 0 Å². The van der Waals surface area contributed by atoms with Crippen LogP contribution in [0.25, 0.3) is 0 Å². The van der Waals surface area contributed by atoms with E-state index < -0.39 is 68.3 Å². The van der Waals surface area contributed by atoms with Gasteiger partial charge in [-0.05, 0) is 0 Å². The molecular formula is C12H22O11. The van der Waals surface area contributed by atoms with Crippen LogP contribution in [0.15, 0.2) is 0 Å². The maximum Gasteiger partial charge on any atom is 0.186 e. The topological polar surface area (TPSA) is 197 Å². The van der Waals surface area contributed by atoms with Crippen LogP contribution in [-0.2, 0) is 14.3 Å². The molecule has 1 aliphatic heterocycles. The summed E-state index contributed by atoms with van der Waals surface area (Å²) in [4.78, 5) is 10.3. The van der Waals surface area contributed by atoms with Crippen LogP contribution in [0, 0.1) is 0 Å². The third-order valence-corrected chi connectivity index (χ3v) is 3.51. The zero-order valence-electron chi connectivity index (χ0n) is 12.0. The van der Waals surface area contributed by atoms with Gasteiger partial charge in [0.05, 0.1) is 13.2 Å². The SMILES string of the molecule is O=CC(O)C(O)C(O)C(O)CO[C@H]1O[C@H](CO)[C@H](O)[C@H](O)[C@H]1O. The fourth-order valence-corrected chi connectivity index (χ4v) is 2.01. The largest absolute Gasteiger partial charge is 0.394 e. The minimum atomic E-state index is -1.96. The lowest BCUT2D eigenvalue weighted by Crippen LogP contribution is -2.59. The fraction of sp³-hybridized carbons (Fsp3) is 0.917. The Bertz CT molecular complexity index is 365. The molecular weight excluding hydrogens is 320 g/mol. The molecule has 0 spiro atoms. The minimum absolute atomic E-state index is 0.0287. The molecule has 0 amide bonds. The third-order valence-electron chi connectivity index (χ3n) is 3.51. The van der Waals surface area contributed by atoms with Gasteiger partial charge in [0, 0.05) is 0 Å².